The van der Waals surface area contributed by atoms with Gasteiger partial charge < -0.3 is 5.32 Å². The van der Waals surface area contributed by atoms with Crippen LogP contribution in [0.2, 0.25) is 0 Å². The van der Waals surface area contributed by atoms with Crippen molar-refractivity contribution in [2.24, 2.45) is 0 Å². The van der Waals surface area contributed by atoms with Crippen LogP contribution in [0, 0.1) is 12.7 Å². The van der Waals surface area contributed by atoms with Crippen molar-refractivity contribution in [2.45, 2.75) is 33.2 Å². The number of aryl methyl sites for hydroxylation is 1. The molecule has 5 heteroatoms. The molecule has 0 bridgehead atoms. The number of carbonyl (C=O) groups excluding carboxylic acids is 1. The Balaban J connectivity index is 2.11. The van der Waals surface area contributed by atoms with Gasteiger partial charge in [0, 0.05) is 11.1 Å². The molecule has 0 fully saturated rings. The van der Waals surface area contributed by atoms with Gasteiger partial charge in [0.15, 0.2) is 0 Å². The molecule has 1 aromatic heterocycles. The summed E-state index contributed by atoms with van der Waals surface area (Å²) >= 11 is 0. The molecule has 3 rings (SSSR count). The van der Waals surface area contributed by atoms with Gasteiger partial charge in [-0.3, -0.25) is 4.79 Å². The van der Waals surface area contributed by atoms with Gasteiger partial charge >= 0.3 is 0 Å². The van der Waals surface area contributed by atoms with Crippen molar-refractivity contribution in [3.63, 3.8) is 0 Å². The van der Waals surface area contributed by atoms with Gasteiger partial charge in [-0.05, 0) is 75.7 Å². The second kappa shape index (κ2) is 6.75. The first-order valence-electron chi connectivity index (χ1n) is 8.48. The zero-order valence-corrected chi connectivity index (χ0v) is 15.4. The van der Waals surface area contributed by atoms with E-state index in [1.165, 1.54) is 12.1 Å². The Hall–Kier alpha value is -2.95. The lowest BCUT2D eigenvalue weighted by atomic mass is 10.1. The van der Waals surface area contributed by atoms with E-state index in [1.807, 2.05) is 52.0 Å². The molecule has 134 valence electrons. The second-order valence-corrected chi connectivity index (χ2v) is 7.38. The maximum absolute atomic E-state index is 13.2. The number of nitrogens with zero attached hydrogens (tertiary/aromatic N) is 2. The Bertz CT molecular complexity index is 937. The predicted octanol–water partition coefficient (Wildman–Crippen LogP) is 4.52. The molecule has 26 heavy (non-hydrogen) atoms. The smallest absolute Gasteiger partial charge is 0.270 e. The molecule has 1 N–H and O–H groups in total. The van der Waals surface area contributed by atoms with Gasteiger partial charge in [-0.1, -0.05) is 12.1 Å². The molecule has 2 aromatic carbocycles. The van der Waals surface area contributed by atoms with Crippen LogP contribution in [0.4, 0.5) is 4.39 Å². The van der Waals surface area contributed by atoms with Crippen LogP contribution in [-0.4, -0.2) is 21.2 Å². The highest BCUT2D eigenvalue weighted by Gasteiger charge is 2.21. The number of halogens is 1. The molecule has 0 aliphatic rings. The summed E-state index contributed by atoms with van der Waals surface area (Å²) in [6, 6.07) is 15.6. The molecule has 1 amide bonds. The van der Waals surface area contributed by atoms with Crippen molar-refractivity contribution in [3.05, 3.63) is 71.7 Å². The third kappa shape index (κ3) is 3.99. The molecule has 0 saturated heterocycles. The van der Waals surface area contributed by atoms with Gasteiger partial charge in [0.2, 0.25) is 0 Å². The second-order valence-electron chi connectivity index (χ2n) is 7.38. The fraction of sp³-hybridized carbons (Fsp3) is 0.238. The molecule has 3 aromatic rings. The van der Waals surface area contributed by atoms with Gasteiger partial charge in [-0.25, -0.2) is 9.07 Å². The van der Waals surface area contributed by atoms with Gasteiger partial charge in [-0.2, -0.15) is 5.10 Å². The van der Waals surface area contributed by atoms with Crippen molar-refractivity contribution >= 4 is 5.91 Å². The van der Waals surface area contributed by atoms with Gasteiger partial charge in [0.1, 0.15) is 11.5 Å². The quantitative estimate of drug-likeness (QED) is 0.754. The largest absolute Gasteiger partial charge is 0.346 e. The SMILES string of the molecule is Cc1cccc(-n2nc(-c3ccc(F)cc3)cc2C(=O)NC(C)(C)C)c1. The lowest BCUT2D eigenvalue weighted by Gasteiger charge is -2.20. The summed E-state index contributed by atoms with van der Waals surface area (Å²) in [6.45, 7) is 7.78. The summed E-state index contributed by atoms with van der Waals surface area (Å²) in [5.74, 6) is -0.516. The van der Waals surface area contributed by atoms with Crippen LogP contribution in [0.1, 0.15) is 36.8 Å². The minimum absolute atomic E-state index is 0.208. The van der Waals surface area contributed by atoms with Crippen LogP contribution >= 0.6 is 0 Å². The number of amides is 1. The Morgan fingerprint density at radius 1 is 1.08 bits per heavy atom. The molecule has 4 nitrogen and oxygen atoms in total. The number of rotatable bonds is 3. The van der Waals surface area contributed by atoms with E-state index in [4.69, 9.17) is 0 Å². The Morgan fingerprint density at radius 3 is 2.38 bits per heavy atom. The first-order chi connectivity index (χ1) is 12.2. The third-order valence-electron chi connectivity index (χ3n) is 3.82. The highest BCUT2D eigenvalue weighted by Crippen LogP contribution is 2.23. The zero-order chi connectivity index (χ0) is 18.9. The molecule has 0 aliphatic carbocycles. The van der Waals surface area contributed by atoms with Crippen LogP contribution in [0.3, 0.4) is 0 Å². The number of nitrogens with one attached hydrogen (secondary N) is 1. The van der Waals surface area contributed by atoms with Crippen molar-refractivity contribution in [1.29, 1.82) is 0 Å². The van der Waals surface area contributed by atoms with E-state index in [-0.39, 0.29) is 17.3 Å². The fourth-order valence-electron chi connectivity index (χ4n) is 2.67. The highest BCUT2D eigenvalue weighted by atomic mass is 19.1. The lowest BCUT2D eigenvalue weighted by molar-refractivity contribution is 0.0911. The van der Waals surface area contributed by atoms with Crippen LogP contribution in [0.5, 0.6) is 0 Å². The monoisotopic (exact) mass is 351 g/mol. The van der Waals surface area contributed by atoms with E-state index in [1.54, 1.807) is 22.9 Å². The van der Waals surface area contributed by atoms with E-state index in [9.17, 15) is 9.18 Å². The maximum atomic E-state index is 13.2. The average Bonchev–Trinajstić information content (AvgIpc) is 2.99. The number of hydrogen-bond donors (Lipinski definition) is 1. The lowest BCUT2D eigenvalue weighted by Crippen LogP contribution is -2.41. The Morgan fingerprint density at radius 2 is 1.77 bits per heavy atom. The average molecular weight is 351 g/mol. The van der Waals surface area contributed by atoms with Crippen LogP contribution in [0.15, 0.2) is 54.6 Å². The summed E-state index contributed by atoms with van der Waals surface area (Å²) < 4.78 is 14.9. The van der Waals surface area contributed by atoms with Crippen LogP contribution in [-0.2, 0) is 0 Å². The van der Waals surface area contributed by atoms with Crippen LogP contribution < -0.4 is 5.32 Å². The zero-order valence-electron chi connectivity index (χ0n) is 15.4. The molecule has 0 radical (unpaired) electrons. The molecule has 0 saturated carbocycles. The highest BCUT2D eigenvalue weighted by molar-refractivity contribution is 5.94. The van der Waals surface area contributed by atoms with Gasteiger partial charge in [0.05, 0.1) is 11.4 Å². The van der Waals surface area contributed by atoms with Crippen LogP contribution in [0.25, 0.3) is 16.9 Å². The van der Waals surface area contributed by atoms with E-state index in [2.05, 4.69) is 10.4 Å². The van der Waals surface area contributed by atoms with Crippen molar-refractivity contribution in [1.82, 2.24) is 15.1 Å². The number of aromatic nitrogens is 2. The van der Waals surface area contributed by atoms with E-state index in [0.717, 1.165) is 16.8 Å². The molecule has 0 unspecified atom stereocenters. The summed E-state index contributed by atoms with van der Waals surface area (Å²) in [6.07, 6.45) is 0. The van der Waals surface area contributed by atoms with E-state index < -0.39 is 0 Å². The first kappa shape index (κ1) is 17.9. The predicted molar refractivity (Wildman–Crippen MR) is 101 cm³/mol. The van der Waals surface area contributed by atoms with Crippen molar-refractivity contribution in [2.75, 3.05) is 0 Å². The molecule has 1 heterocycles. The standard InChI is InChI=1S/C21H22FN3O/c1-14-6-5-7-17(12-14)25-19(20(26)23-21(2,3)4)13-18(24-25)15-8-10-16(22)11-9-15/h5-13H,1-4H3,(H,23,26). The minimum atomic E-state index is -0.366. The number of carbonyl (C=O) groups is 1. The number of hydrogen-bond acceptors (Lipinski definition) is 2. The third-order valence-corrected chi connectivity index (χ3v) is 3.82. The van der Waals surface area contributed by atoms with Crippen molar-refractivity contribution in [3.8, 4) is 16.9 Å². The Kier molecular flexibility index (Phi) is 4.64. The molecule has 0 aliphatic heterocycles. The molecule has 0 spiro atoms. The first-order valence-corrected chi connectivity index (χ1v) is 8.48. The fourth-order valence-corrected chi connectivity index (χ4v) is 2.67. The minimum Gasteiger partial charge on any atom is -0.346 e. The topological polar surface area (TPSA) is 46.9 Å². The molecular formula is C21H22FN3O. The normalized spacial score (nSPS) is 11.4. The molecule has 0 atom stereocenters. The van der Waals surface area contributed by atoms with Crippen molar-refractivity contribution < 1.29 is 9.18 Å². The molecular weight excluding hydrogens is 329 g/mol. The summed E-state index contributed by atoms with van der Waals surface area (Å²) in [7, 11) is 0. The Labute approximate surface area is 152 Å². The summed E-state index contributed by atoms with van der Waals surface area (Å²) in [5.41, 5.74) is 3.31. The number of benzene rings is 2. The maximum Gasteiger partial charge on any atom is 0.270 e. The van der Waals surface area contributed by atoms with E-state index in [0.29, 0.717) is 11.4 Å². The van der Waals surface area contributed by atoms with E-state index >= 15 is 0 Å². The van der Waals surface area contributed by atoms with Gasteiger partial charge in [-0.15, -0.1) is 0 Å². The summed E-state index contributed by atoms with van der Waals surface area (Å²) in [5, 5.41) is 7.58. The van der Waals surface area contributed by atoms with Gasteiger partial charge in [0.25, 0.3) is 5.91 Å². The summed E-state index contributed by atoms with van der Waals surface area (Å²) in [4.78, 5) is 12.8.